The van der Waals surface area contributed by atoms with Gasteiger partial charge in [0.15, 0.2) is 11.0 Å². The van der Waals surface area contributed by atoms with Gasteiger partial charge in [-0.1, -0.05) is 41.9 Å². The van der Waals surface area contributed by atoms with Crippen molar-refractivity contribution in [1.82, 2.24) is 9.55 Å². The number of carbonyl (C=O) groups is 1. The molecule has 28 heavy (non-hydrogen) atoms. The van der Waals surface area contributed by atoms with Crippen LogP contribution < -0.4 is 10.9 Å². The first kappa shape index (κ1) is 19.0. The van der Waals surface area contributed by atoms with Gasteiger partial charge in [0.25, 0.3) is 5.56 Å². The summed E-state index contributed by atoms with van der Waals surface area (Å²) in [4.78, 5) is 29.8. The van der Waals surface area contributed by atoms with Gasteiger partial charge < -0.3 is 14.8 Å². The Labute approximate surface area is 167 Å². The number of carbonyl (C=O) groups excluding carboxylic acids is 1. The zero-order valence-corrected chi connectivity index (χ0v) is 16.2. The van der Waals surface area contributed by atoms with Crippen LogP contribution in [-0.2, 0) is 27.3 Å². The quantitative estimate of drug-likeness (QED) is 0.746. The molecule has 0 spiro atoms. The van der Waals surface area contributed by atoms with Crippen molar-refractivity contribution in [3.63, 3.8) is 0 Å². The SMILES string of the molecule is O=C(OCc1ccccc1)[C@@H]1CCc2c(Cl)nc(NCC3CCOC3)c(=O)n21. The highest BCUT2D eigenvalue weighted by atomic mass is 35.5. The average molecular weight is 404 g/mol. The van der Waals surface area contributed by atoms with Gasteiger partial charge in [-0.15, -0.1) is 0 Å². The Kier molecular flexibility index (Phi) is 5.64. The molecule has 8 heteroatoms. The summed E-state index contributed by atoms with van der Waals surface area (Å²) in [6, 6.07) is 8.77. The lowest BCUT2D eigenvalue weighted by molar-refractivity contribution is -0.148. The molecule has 1 fully saturated rings. The number of ether oxygens (including phenoxy) is 2. The normalized spacial score (nSPS) is 20.8. The summed E-state index contributed by atoms with van der Waals surface area (Å²) in [5.41, 5.74) is 1.15. The summed E-state index contributed by atoms with van der Waals surface area (Å²) in [6.07, 6.45) is 1.94. The first-order valence-electron chi connectivity index (χ1n) is 9.46. The van der Waals surface area contributed by atoms with Crippen LogP contribution in [0.5, 0.6) is 0 Å². The molecule has 2 aliphatic heterocycles. The second-order valence-electron chi connectivity index (χ2n) is 7.13. The summed E-state index contributed by atoms with van der Waals surface area (Å²) in [6.45, 7) is 2.16. The summed E-state index contributed by atoms with van der Waals surface area (Å²) in [5.74, 6) is 0.0791. The number of benzene rings is 1. The molecule has 0 amide bonds. The molecule has 148 valence electrons. The summed E-state index contributed by atoms with van der Waals surface area (Å²) in [5, 5.41) is 3.33. The molecule has 0 radical (unpaired) electrons. The standard InChI is InChI=1S/C20H22ClN3O4/c21-17-15-6-7-16(20(26)28-12-13-4-2-1-3-5-13)24(15)19(25)18(23-17)22-10-14-8-9-27-11-14/h1-5,14,16H,6-12H2,(H,22,23)/t14?,16-/m0/s1. The van der Waals surface area contributed by atoms with Gasteiger partial charge in [0.1, 0.15) is 12.6 Å². The van der Waals surface area contributed by atoms with Gasteiger partial charge in [0, 0.05) is 19.1 Å². The number of halogens is 1. The Morgan fingerprint density at radius 3 is 2.89 bits per heavy atom. The molecule has 1 N–H and O–H groups in total. The number of anilines is 1. The van der Waals surface area contributed by atoms with Gasteiger partial charge in [-0.3, -0.25) is 9.36 Å². The number of rotatable bonds is 6. The molecule has 0 aliphatic carbocycles. The van der Waals surface area contributed by atoms with Crippen LogP contribution in [-0.4, -0.2) is 35.3 Å². The van der Waals surface area contributed by atoms with E-state index in [1.807, 2.05) is 30.3 Å². The molecule has 1 saturated heterocycles. The van der Waals surface area contributed by atoms with Crippen molar-refractivity contribution in [3.8, 4) is 0 Å². The van der Waals surface area contributed by atoms with Crippen LogP contribution in [0.25, 0.3) is 0 Å². The van der Waals surface area contributed by atoms with E-state index in [1.165, 1.54) is 4.57 Å². The Morgan fingerprint density at radius 2 is 2.14 bits per heavy atom. The summed E-state index contributed by atoms with van der Waals surface area (Å²) >= 11 is 6.30. The van der Waals surface area contributed by atoms with E-state index in [9.17, 15) is 9.59 Å². The third kappa shape index (κ3) is 3.91. The van der Waals surface area contributed by atoms with Gasteiger partial charge in [0.05, 0.1) is 12.3 Å². The molecule has 1 aromatic carbocycles. The van der Waals surface area contributed by atoms with E-state index < -0.39 is 12.0 Å². The predicted octanol–water partition coefficient (Wildman–Crippen LogP) is 2.58. The molecule has 1 aromatic heterocycles. The second-order valence-corrected chi connectivity index (χ2v) is 7.49. The van der Waals surface area contributed by atoms with Crippen LogP contribution in [0.15, 0.2) is 35.1 Å². The average Bonchev–Trinajstić information content (AvgIpc) is 3.38. The topological polar surface area (TPSA) is 82.5 Å². The number of hydrogen-bond acceptors (Lipinski definition) is 6. The minimum absolute atomic E-state index is 0.170. The van der Waals surface area contributed by atoms with Crippen molar-refractivity contribution in [3.05, 3.63) is 57.1 Å². The minimum atomic E-state index is -0.679. The van der Waals surface area contributed by atoms with Gasteiger partial charge in [-0.2, -0.15) is 0 Å². The van der Waals surface area contributed by atoms with E-state index in [0.717, 1.165) is 18.6 Å². The van der Waals surface area contributed by atoms with Gasteiger partial charge >= 0.3 is 5.97 Å². The highest BCUT2D eigenvalue weighted by Crippen LogP contribution is 2.30. The fraction of sp³-hybridized carbons (Fsp3) is 0.450. The third-order valence-electron chi connectivity index (χ3n) is 5.20. The van der Waals surface area contributed by atoms with Crippen molar-refractivity contribution in [2.24, 2.45) is 5.92 Å². The monoisotopic (exact) mass is 403 g/mol. The van der Waals surface area contributed by atoms with Crippen LogP contribution in [0, 0.1) is 5.92 Å². The third-order valence-corrected chi connectivity index (χ3v) is 5.51. The van der Waals surface area contributed by atoms with Crippen LogP contribution in [0.2, 0.25) is 5.15 Å². The lowest BCUT2D eigenvalue weighted by Gasteiger charge is -2.16. The molecule has 2 aliphatic rings. The number of nitrogens with zero attached hydrogens (tertiary/aromatic N) is 2. The molecular weight excluding hydrogens is 382 g/mol. The Balaban J connectivity index is 1.50. The molecule has 4 rings (SSSR count). The van der Waals surface area contributed by atoms with Crippen LogP contribution in [0.4, 0.5) is 5.82 Å². The second kappa shape index (κ2) is 8.32. The van der Waals surface area contributed by atoms with Gasteiger partial charge in [-0.05, 0) is 24.8 Å². The molecule has 7 nitrogen and oxygen atoms in total. The van der Waals surface area contributed by atoms with Crippen LogP contribution >= 0.6 is 11.6 Å². The molecular formula is C20H22ClN3O4. The number of fused-ring (bicyclic) bond motifs is 1. The van der Waals surface area contributed by atoms with E-state index in [4.69, 9.17) is 21.1 Å². The molecule has 2 aromatic rings. The fourth-order valence-corrected chi connectivity index (χ4v) is 3.92. The van der Waals surface area contributed by atoms with E-state index in [-0.39, 0.29) is 23.1 Å². The largest absolute Gasteiger partial charge is 0.459 e. The van der Waals surface area contributed by atoms with Crippen LogP contribution in [0.3, 0.4) is 0 Å². The van der Waals surface area contributed by atoms with Crippen molar-refractivity contribution >= 4 is 23.4 Å². The maximum absolute atomic E-state index is 12.9. The van der Waals surface area contributed by atoms with E-state index >= 15 is 0 Å². The molecule has 1 unspecified atom stereocenters. The van der Waals surface area contributed by atoms with E-state index in [2.05, 4.69) is 10.3 Å². The van der Waals surface area contributed by atoms with Gasteiger partial charge in [0.2, 0.25) is 0 Å². The lowest BCUT2D eigenvalue weighted by atomic mass is 10.1. The van der Waals surface area contributed by atoms with Crippen LogP contribution in [0.1, 0.15) is 30.1 Å². The van der Waals surface area contributed by atoms with Crippen molar-refractivity contribution in [2.75, 3.05) is 25.1 Å². The number of hydrogen-bond donors (Lipinski definition) is 1. The molecule has 0 saturated carbocycles. The maximum Gasteiger partial charge on any atom is 0.329 e. The maximum atomic E-state index is 12.9. The van der Waals surface area contributed by atoms with Crippen molar-refractivity contribution in [2.45, 2.75) is 31.9 Å². The first-order chi connectivity index (χ1) is 13.6. The zero-order valence-electron chi connectivity index (χ0n) is 15.4. The van der Waals surface area contributed by atoms with E-state index in [0.29, 0.717) is 37.6 Å². The first-order valence-corrected chi connectivity index (χ1v) is 9.84. The number of esters is 1. The van der Waals surface area contributed by atoms with E-state index in [1.54, 1.807) is 0 Å². The molecule has 3 heterocycles. The molecule has 2 atom stereocenters. The fourth-order valence-electron chi connectivity index (χ4n) is 3.65. The summed E-state index contributed by atoms with van der Waals surface area (Å²) in [7, 11) is 0. The highest BCUT2D eigenvalue weighted by Gasteiger charge is 2.34. The molecule has 0 bridgehead atoms. The Bertz CT molecular complexity index is 910. The van der Waals surface area contributed by atoms with Crippen molar-refractivity contribution in [1.29, 1.82) is 0 Å². The Hall–Kier alpha value is -2.38. The van der Waals surface area contributed by atoms with Crippen molar-refractivity contribution < 1.29 is 14.3 Å². The lowest BCUT2D eigenvalue weighted by Crippen LogP contribution is -2.32. The Morgan fingerprint density at radius 1 is 1.32 bits per heavy atom. The minimum Gasteiger partial charge on any atom is -0.459 e. The summed E-state index contributed by atoms with van der Waals surface area (Å²) < 4.78 is 12.2. The smallest absolute Gasteiger partial charge is 0.329 e. The number of aromatic nitrogens is 2. The highest BCUT2D eigenvalue weighted by molar-refractivity contribution is 6.30. The zero-order chi connectivity index (χ0) is 19.5. The number of nitrogens with one attached hydrogen (secondary N) is 1. The van der Waals surface area contributed by atoms with Gasteiger partial charge in [-0.25, -0.2) is 9.78 Å². The predicted molar refractivity (Wildman–Crippen MR) is 105 cm³/mol.